The lowest BCUT2D eigenvalue weighted by molar-refractivity contribution is 0.255. The van der Waals surface area contributed by atoms with Gasteiger partial charge in [0.05, 0.1) is 23.3 Å². The van der Waals surface area contributed by atoms with Crippen molar-refractivity contribution in [3.63, 3.8) is 0 Å². The van der Waals surface area contributed by atoms with Gasteiger partial charge in [-0.15, -0.1) is 0 Å². The maximum absolute atomic E-state index is 5.40. The van der Waals surface area contributed by atoms with Crippen molar-refractivity contribution in [2.75, 3.05) is 12.9 Å². The normalized spacial score (nSPS) is 25.0. The number of amidine groups is 1. The van der Waals surface area contributed by atoms with Crippen LogP contribution in [0.3, 0.4) is 0 Å². The molecule has 0 radical (unpaired) electrons. The van der Waals surface area contributed by atoms with Crippen LogP contribution in [0, 0.1) is 0 Å². The van der Waals surface area contributed by atoms with Crippen LogP contribution < -0.4 is 4.74 Å². The number of methoxy groups -OCH3 is 1. The van der Waals surface area contributed by atoms with Crippen molar-refractivity contribution in [3.05, 3.63) is 58.3 Å². The van der Waals surface area contributed by atoms with E-state index in [9.17, 15) is 0 Å². The number of rotatable bonds is 4. The van der Waals surface area contributed by atoms with Gasteiger partial charge in [-0.05, 0) is 52.2 Å². The number of ether oxygens (including phenoxy) is 1. The Bertz CT molecular complexity index is 799. The van der Waals surface area contributed by atoms with E-state index in [0.29, 0.717) is 6.04 Å². The van der Waals surface area contributed by atoms with Gasteiger partial charge in [-0.1, -0.05) is 30.8 Å². The third-order valence-corrected chi connectivity index (χ3v) is 6.59. The lowest BCUT2D eigenvalue weighted by atomic mass is 9.95. The number of nitrogens with zero attached hydrogens (tertiary/aromatic N) is 3. The topological polar surface area (TPSA) is 37.7 Å². The van der Waals surface area contributed by atoms with E-state index in [4.69, 9.17) is 9.73 Å². The summed E-state index contributed by atoms with van der Waals surface area (Å²) in [6.07, 6.45) is 2.97. The standard InChI is InChI=1S/C19H20BrN3OS/c1-3-13-11-25-19-22-17(15-6-4-5-9-21-15)18(23(13)19)12-7-8-16(24-2)14(20)10-12/h4-10,13,17-18H,3,11H2,1-2H3/t13-,17+,18+/m0/s1. The van der Waals surface area contributed by atoms with Crippen LogP contribution in [0.4, 0.5) is 0 Å². The lowest BCUT2D eigenvalue weighted by Gasteiger charge is -2.32. The van der Waals surface area contributed by atoms with E-state index in [-0.39, 0.29) is 12.1 Å². The molecule has 4 nitrogen and oxygen atoms in total. The van der Waals surface area contributed by atoms with E-state index in [2.05, 4.69) is 50.9 Å². The molecule has 0 N–H and O–H groups in total. The van der Waals surface area contributed by atoms with Gasteiger partial charge >= 0.3 is 0 Å². The van der Waals surface area contributed by atoms with Crippen LogP contribution in [0.1, 0.15) is 36.7 Å². The number of benzene rings is 1. The minimum atomic E-state index is 0.0262. The number of halogens is 1. The minimum Gasteiger partial charge on any atom is -0.496 e. The number of thioether (sulfide) groups is 1. The summed E-state index contributed by atoms with van der Waals surface area (Å²) in [7, 11) is 1.69. The van der Waals surface area contributed by atoms with Gasteiger partial charge in [0.25, 0.3) is 0 Å². The Morgan fingerprint density at radius 3 is 2.88 bits per heavy atom. The maximum atomic E-state index is 5.40. The van der Waals surface area contributed by atoms with Crippen LogP contribution in [-0.2, 0) is 0 Å². The van der Waals surface area contributed by atoms with Crippen LogP contribution in [0.25, 0.3) is 0 Å². The van der Waals surface area contributed by atoms with E-state index >= 15 is 0 Å². The van der Waals surface area contributed by atoms with Gasteiger partial charge in [-0.25, -0.2) is 0 Å². The Kier molecular flexibility index (Phi) is 4.73. The molecule has 2 aromatic rings. The summed E-state index contributed by atoms with van der Waals surface area (Å²) in [4.78, 5) is 12.1. The minimum absolute atomic E-state index is 0.0262. The molecular formula is C19H20BrN3OS. The Morgan fingerprint density at radius 1 is 1.32 bits per heavy atom. The number of fused-ring (bicyclic) bond motifs is 1. The monoisotopic (exact) mass is 417 g/mol. The van der Waals surface area contributed by atoms with Gasteiger partial charge in [0.1, 0.15) is 11.8 Å². The highest BCUT2D eigenvalue weighted by Gasteiger charge is 2.45. The quantitative estimate of drug-likeness (QED) is 0.713. The maximum Gasteiger partial charge on any atom is 0.160 e. The van der Waals surface area contributed by atoms with Gasteiger partial charge in [0.15, 0.2) is 5.17 Å². The van der Waals surface area contributed by atoms with E-state index < -0.39 is 0 Å². The summed E-state index contributed by atoms with van der Waals surface area (Å²) < 4.78 is 6.37. The van der Waals surface area contributed by atoms with Crippen LogP contribution in [-0.4, -0.2) is 34.0 Å². The molecule has 0 aliphatic carbocycles. The van der Waals surface area contributed by atoms with Gasteiger partial charge in [0.2, 0.25) is 0 Å². The smallest absolute Gasteiger partial charge is 0.160 e. The van der Waals surface area contributed by atoms with E-state index in [1.54, 1.807) is 7.11 Å². The van der Waals surface area contributed by atoms with Crippen molar-refractivity contribution in [3.8, 4) is 5.75 Å². The molecule has 1 aromatic heterocycles. The Hall–Kier alpha value is -1.53. The highest BCUT2D eigenvalue weighted by atomic mass is 79.9. The van der Waals surface area contributed by atoms with Gasteiger partial charge in [-0.3, -0.25) is 9.98 Å². The van der Waals surface area contributed by atoms with Crippen molar-refractivity contribution < 1.29 is 4.74 Å². The molecule has 3 atom stereocenters. The highest BCUT2D eigenvalue weighted by Crippen LogP contribution is 2.49. The molecule has 0 saturated carbocycles. The molecule has 1 fully saturated rings. The summed E-state index contributed by atoms with van der Waals surface area (Å²) >= 11 is 5.50. The Morgan fingerprint density at radius 2 is 2.20 bits per heavy atom. The first kappa shape index (κ1) is 16.9. The van der Waals surface area contributed by atoms with E-state index in [0.717, 1.165) is 33.3 Å². The van der Waals surface area contributed by atoms with Crippen molar-refractivity contribution >= 4 is 32.9 Å². The van der Waals surface area contributed by atoms with Gasteiger partial charge < -0.3 is 9.64 Å². The number of hydrogen-bond acceptors (Lipinski definition) is 5. The largest absolute Gasteiger partial charge is 0.496 e. The second kappa shape index (κ2) is 7.00. The van der Waals surface area contributed by atoms with Crippen molar-refractivity contribution in [2.45, 2.75) is 31.5 Å². The molecule has 0 amide bonds. The molecule has 25 heavy (non-hydrogen) atoms. The molecule has 6 heteroatoms. The Balaban J connectivity index is 1.79. The Labute approximate surface area is 160 Å². The first-order chi connectivity index (χ1) is 12.2. The van der Waals surface area contributed by atoms with Gasteiger partial charge in [0, 0.05) is 18.0 Å². The van der Waals surface area contributed by atoms with Crippen LogP contribution in [0.15, 0.2) is 52.1 Å². The summed E-state index contributed by atoms with van der Waals surface area (Å²) in [5, 5.41) is 1.15. The van der Waals surface area contributed by atoms with E-state index in [1.165, 1.54) is 5.56 Å². The zero-order chi connectivity index (χ0) is 17.4. The average molecular weight is 418 g/mol. The number of aliphatic imine (C=N–C) groups is 1. The molecule has 0 unspecified atom stereocenters. The molecule has 0 spiro atoms. The second-order valence-corrected chi connectivity index (χ2v) is 8.07. The first-order valence-electron chi connectivity index (χ1n) is 8.46. The summed E-state index contributed by atoms with van der Waals surface area (Å²) in [6, 6.07) is 13.1. The molecule has 1 saturated heterocycles. The van der Waals surface area contributed by atoms with Crippen molar-refractivity contribution in [2.24, 2.45) is 4.99 Å². The second-order valence-electron chi connectivity index (χ2n) is 6.23. The number of hydrogen-bond donors (Lipinski definition) is 0. The average Bonchev–Trinajstić information content (AvgIpc) is 3.21. The van der Waals surface area contributed by atoms with E-state index in [1.807, 2.05) is 36.2 Å². The van der Waals surface area contributed by atoms with Gasteiger partial charge in [-0.2, -0.15) is 0 Å². The zero-order valence-electron chi connectivity index (χ0n) is 14.2. The fraction of sp³-hybridized carbons (Fsp3) is 0.368. The molecule has 2 aliphatic heterocycles. The summed E-state index contributed by atoms with van der Waals surface area (Å²) in [5.41, 5.74) is 2.26. The zero-order valence-corrected chi connectivity index (χ0v) is 16.6. The third kappa shape index (κ3) is 2.95. The third-order valence-electron chi connectivity index (χ3n) is 4.85. The molecule has 0 bridgehead atoms. The van der Waals surface area contributed by atoms with Crippen LogP contribution in [0.5, 0.6) is 5.75 Å². The van der Waals surface area contributed by atoms with Crippen LogP contribution >= 0.6 is 27.7 Å². The molecular weight excluding hydrogens is 398 g/mol. The lowest BCUT2D eigenvalue weighted by Crippen LogP contribution is -2.35. The van der Waals surface area contributed by atoms with Crippen LogP contribution in [0.2, 0.25) is 0 Å². The first-order valence-corrected chi connectivity index (χ1v) is 10.2. The molecule has 3 heterocycles. The fourth-order valence-electron chi connectivity index (χ4n) is 3.58. The SMILES string of the molecule is CC[C@H]1CSC2=N[C@H](c3ccccn3)[C@@H](c3ccc(OC)c(Br)c3)N21. The molecule has 1 aromatic carbocycles. The number of pyridine rings is 1. The predicted molar refractivity (Wildman–Crippen MR) is 106 cm³/mol. The predicted octanol–water partition coefficient (Wildman–Crippen LogP) is 4.83. The fourth-order valence-corrected chi connectivity index (χ4v) is 5.47. The molecule has 130 valence electrons. The highest BCUT2D eigenvalue weighted by molar-refractivity contribution is 9.10. The van der Waals surface area contributed by atoms with Crippen molar-refractivity contribution in [1.82, 2.24) is 9.88 Å². The summed E-state index contributed by atoms with van der Waals surface area (Å²) in [5.74, 6) is 1.96. The number of aromatic nitrogens is 1. The molecule has 4 rings (SSSR count). The van der Waals surface area contributed by atoms with Crippen molar-refractivity contribution in [1.29, 1.82) is 0 Å². The molecule has 2 aliphatic rings. The summed E-state index contributed by atoms with van der Waals surface area (Å²) in [6.45, 7) is 2.25.